The second-order valence-corrected chi connectivity index (χ2v) is 8.25. The van der Waals surface area contributed by atoms with Crippen LogP contribution in [0.15, 0.2) is 29.2 Å². The average Bonchev–Trinajstić information content (AvgIpc) is 2.95. The van der Waals surface area contributed by atoms with Crippen LogP contribution < -0.4 is 9.46 Å². The second kappa shape index (κ2) is 8.08. The fraction of sp³-hybridized carbons (Fsp3) is 0.429. The van der Waals surface area contributed by atoms with Gasteiger partial charge in [0.15, 0.2) is 12.4 Å². The highest BCUT2D eigenvalue weighted by Crippen LogP contribution is 2.22. The molecule has 1 N–H and O–H groups in total. The fourth-order valence-corrected chi connectivity index (χ4v) is 3.70. The maximum Gasteiger partial charge on any atom is 0.422 e. The van der Waals surface area contributed by atoms with Crippen molar-refractivity contribution in [3.63, 3.8) is 0 Å². The van der Waals surface area contributed by atoms with Crippen LogP contribution in [0.5, 0.6) is 6.01 Å². The standard InChI is InChI=1S/C14H16F3IN4O3S/c1-3-22-12(19-20-13(22)25-8-14(15,16)17)9(2)21-26(23,24)11-6-4-10(18)5-7-11/h4-7,9,21H,3,8H2,1-2H3/t9-/m1/s1. The molecule has 2 aromatic rings. The van der Waals surface area contributed by atoms with Gasteiger partial charge in [-0.05, 0) is 60.7 Å². The van der Waals surface area contributed by atoms with Crippen LogP contribution in [0.1, 0.15) is 25.7 Å². The minimum absolute atomic E-state index is 0.0703. The number of nitrogens with zero attached hydrogens (tertiary/aromatic N) is 3. The molecule has 0 saturated carbocycles. The van der Waals surface area contributed by atoms with Crippen molar-refractivity contribution in [3.8, 4) is 6.01 Å². The summed E-state index contributed by atoms with van der Waals surface area (Å²) >= 11 is 2.05. The molecule has 0 amide bonds. The Balaban J connectivity index is 2.20. The average molecular weight is 504 g/mol. The topological polar surface area (TPSA) is 86.1 Å². The van der Waals surface area contributed by atoms with Crippen molar-refractivity contribution in [2.75, 3.05) is 6.61 Å². The molecule has 0 unspecified atom stereocenters. The fourth-order valence-electron chi connectivity index (χ4n) is 2.14. The number of alkyl halides is 3. The SMILES string of the molecule is CCn1c(OCC(F)(F)F)nnc1[C@@H](C)NS(=O)(=O)c1ccc(I)cc1. The molecule has 0 aliphatic rings. The third-order valence-corrected chi connectivity index (χ3v) is 5.55. The molecule has 26 heavy (non-hydrogen) atoms. The number of rotatable bonds is 7. The highest BCUT2D eigenvalue weighted by atomic mass is 127. The predicted molar refractivity (Wildman–Crippen MR) is 95.1 cm³/mol. The molecular weight excluding hydrogens is 488 g/mol. The van der Waals surface area contributed by atoms with Gasteiger partial charge < -0.3 is 4.74 Å². The zero-order valence-electron chi connectivity index (χ0n) is 13.8. The zero-order chi connectivity index (χ0) is 19.5. The molecule has 0 fully saturated rings. The van der Waals surface area contributed by atoms with E-state index in [2.05, 4.69) is 42.2 Å². The third-order valence-electron chi connectivity index (χ3n) is 3.27. The van der Waals surface area contributed by atoms with Crippen molar-refractivity contribution < 1.29 is 26.3 Å². The van der Waals surface area contributed by atoms with Crippen molar-refractivity contribution in [3.05, 3.63) is 33.7 Å². The molecule has 0 saturated heterocycles. The summed E-state index contributed by atoms with van der Waals surface area (Å²) in [5, 5.41) is 7.35. The van der Waals surface area contributed by atoms with E-state index in [9.17, 15) is 21.6 Å². The Labute approximate surface area is 162 Å². The van der Waals surface area contributed by atoms with Gasteiger partial charge >= 0.3 is 12.2 Å². The van der Waals surface area contributed by atoms with Crippen molar-refractivity contribution in [2.45, 2.75) is 37.5 Å². The highest BCUT2D eigenvalue weighted by Gasteiger charge is 2.30. The summed E-state index contributed by atoms with van der Waals surface area (Å²) in [4.78, 5) is 0.0703. The number of benzene rings is 1. The molecule has 1 aromatic carbocycles. The molecule has 1 atom stereocenters. The van der Waals surface area contributed by atoms with Gasteiger partial charge in [-0.3, -0.25) is 4.57 Å². The first-order chi connectivity index (χ1) is 12.0. The van der Waals surface area contributed by atoms with Crippen LogP contribution in [0.3, 0.4) is 0 Å². The number of aromatic nitrogens is 3. The molecule has 12 heteroatoms. The first-order valence-corrected chi connectivity index (χ1v) is 10.00. The van der Waals surface area contributed by atoms with E-state index in [1.165, 1.54) is 23.6 Å². The molecule has 1 aromatic heterocycles. The summed E-state index contributed by atoms with van der Waals surface area (Å²) in [5.41, 5.74) is 0. The van der Waals surface area contributed by atoms with E-state index in [0.29, 0.717) is 0 Å². The molecule has 2 rings (SSSR count). The largest absolute Gasteiger partial charge is 0.454 e. The number of nitrogens with one attached hydrogen (secondary N) is 1. The van der Waals surface area contributed by atoms with Crippen LogP contribution in [0.2, 0.25) is 0 Å². The summed E-state index contributed by atoms with van der Waals surface area (Å²) < 4.78 is 71.0. The lowest BCUT2D eigenvalue weighted by atomic mass is 10.3. The number of hydrogen-bond donors (Lipinski definition) is 1. The summed E-state index contributed by atoms with van der Waals surface area (Å²) in [6, 6.07) is 5.07. The first kappa shape index (κ1) is 20.9. The smallest absolute Gasteiger partial charge is 0.422 e. The van der Waals surface area contributed by atoms with Crippen molar-refractivity contribution in [1.29, 1.82) is 0 Å². The van der Waals surface area contributed by atoms with E-state index in [4.69, 9.17) is 0 Å². The molecule has 0 aliphatic heterocycles. The van der Waals surface area contributed by atoms with E-state index in [1.807, 2.05) is 0 Å². The van der Waals surface area contributed by atoms with Gasteiger partial charge in [-0.15, -0.1) is 5.10 Å². The Morgan fingerprint density at radius 2 is 1.88 bits per heavy atom. The minimum atomic E-state index is -4.51. The van der Waals surface area contributed by atoms with Gasteiger partial charge in [-0.25, -0.2) is 13.1 Å². The van der Waals surface area contributed by atoms with E-state index in [1.54, 1.807) is 19.1 Å². The van der Waals surface area contributed by atoms with Crippen LogP contribution in [-0.2, 0) is 16.6 Å². The van der Waals surface area contributed by atoms with Gasteiger partial charge in [0.25, 0.3) is 0 Å². The predicted octanol–water partition coefficient (Wildman–Crippen LogP) is 2.88. The number of halogens is 4. The van der Waals surface area contributed by atoms with Gasteiger partial charge in [-0.2, -0.15) is 13.2 Å². The van der Waals surface area contributed by atoms with E-state index < -0.39 is 28.8 Å². The Morgan fingerprint density at radius 1 is 1.27 bits per heavy atom. The van der Waals surface area contributed by atoms with Crippen molar-refractivity contribution in [1.82, 2.24) is 19.5 Å². The van der Waals surface area contributed by atoms with Gasteiger partial charge in [0, 0.05) is 10.1 Å². The molecule has 0 spiro atoms. The van der Waals surface area contributed by atoms with Crippen LogP contribution in [0.25, 0.3) is 0 Å². The summed E-state index contributed by atoms with van der Waals surface area (Å²) in [5.74, 6) is 0.152. The van der Waals surface area contributed by atoms with Crippen molar-refractivity contribution >= 4 is 32.6 Å². The lowest BCUT2D eigenvalue weighted by Gasteiger charge is -2.15. The van der Waals surface area contributed by atoms with Crippen LogP contribution in [0.4, 0.5) is 13.2 Å². The van der Waals surface area contributed by atoms with Crippen LogP contribution >= 0.6 is 22.6 Å². The van der Waals surface area contributed by atoms with Crippen molar-refractivity contribution in [2.24, 2.45) is 0 Å². The first-order valence-electron chi connectivity index (χ1n) is 7.44. The maximum atomic E-state index is 12.4. The molecular formula is C14H16F3IN4O3S. The highest BCUT2D eigenvalue weighted by molar-refractivity contribution is 14.1. The Bertz CT molecular complexity index is 853. The van der Waals surface area contributed by atoms with Gasteiger partial charge in [-0.1, -0.05) is 5.10 Å². The van der Waals surface area contributed by atoms with Gasteiger partial charge in [0.1, 0.15) is 0 Å². The second-order valence-electron chi connectivity index (χ2n) is 5.29. The molecule has 0 aliphatic carbocycles. The number of sulfonamides is 1. The quantitative estimate of drug-likeness (QED) is 0.587. The third kappa shape index (κ3) is 5.30. The zero-order valence-corrected chi connectivity index (χ0v) is 16.8. The summed E-state index contributed by atoms with van der Waals surface area (Å²) in [6.07, 6.45) is -4.51. The summed E-state index contributed by atoms with van der Waals surface area (Å²) in [6.45, 7) is 1.89. The minimum Gasteiger partial charge on any atom is -0.454 e. The lowest BCUT2D eigenvalue weighted by molar-refractivity contribution is -0.155. The molecule has 7 nitrogen and oxygen atoms in total. The van der Waals surface area contributed by atoms with E-state index >= 15 is 0 Å². The maximum absolute atomic E-state index is 12.4. The molecule has 0 radical (unpaired) electrons. The molecule has 144 valence electrons. The Kier molecular flexibility index (Phi) is 6.50. The summed E-state index contributed by atoms with van der Waals surface area (Å²) in [7, 11) is -3.83. The number of hydrogen-bond acceptors (Lipinski definition) is 5. The van der Waals surface area contributed by atoms with Crippen LogP contribution in [-0.4, -0.2) is 36.0 Å². The lowest BCUT2D eigenvalue weighted by Crippen LogP contribution is -2.29. The van der Waals surface area contributed by atoms with Gasteiger partial charge in [0.05, 0.1) is 10.9 Å². The van der Waals surface area contributed by atoms with E-state index in [0.717, 1.165) is 3.57 Å². The number of ether oxygens (including phenoxy) is 1. The Hall–Kier alpha value is -1.41. The van der Waals surface area contributed by atoms with Gasteiger partial charge in [0.2, 0.25) is 10.0 Å². The normalized spacial score (nSPS) is 13.6. The Morgan fingerprint density at radius 3 is 2.42 bits per heavy atom. The van der Waals surface area contributed by atoms with Crippen LogP contribution in [0, 0.1) is 3.57 Å². The van der Waals surface area contributed by atoms with E-state index in [-0.39, 0.29) is 23.3 Å². The monoisotopic (exact) mass is 504 g/mol. The molecule has 1 heterocycles. The molecule has 0 bridgehead atoms.